The Labute approximate surface area is 223 Å². The molecule has 0 saturated carbocycles. The maximum Gasteiger partial charge on any atom is 0.416 e. The van der Waals surface area contributed by atoms with Crippen molar-refractivity contribution in [2.24, 2.45) is 0 Å². The van der Waals surface area contributed by atoms with Crippen molar-refractivity contribution < 1.29 is 41.8 Å². The Morgan fingerprint density at radius 1 is 1.11 bits per heavy atom. The van der Waals surface area contributed by atoms with Crippen LogP contribution in [0.2, 0.25) is 0 Å². The molecule has 2 aromatic rings. The van der Waals surface area contributed by atoms with Gasteiger partial charge in [-0.15, -0.1) is 0 Å². The van der Waals surface area contributed by atoms with Gasteiger partial charge in [-0.1, -0.05) is 0 Å². The van der Waals surface area contributed by atoms with E-state index in [1.807, 2.05) is 13.8 Å². The molecule has 1 fully saturated rings. The molecule has 3 amide bonds. The number of anilines is 1. The van der Waals surface area contributed by atoms with Crippen LogP contribution in [-0.4, -0.2) is 48.8 Å². The number of ether oxygens (including phenoxy) is 3. The highest BCUT2D eigenvalue weighted by Crippen LogP contribution is 2.39. The number of hydrogen-bond donors (Lipinski definition) is 1. The Morgan fingerprint density at radius 3 is 2.43 bits per heavy atom. The van der Waals surface area contributed by atoms with Crippen molar-refractivity contribution >= 4 is 56.5 Å². The molecule has 13 heteroatoms. The third-order valence-electron chi connectivity index (χ3n) is 4.89. The van der Waals surface area contributed by atoms with Crippen LogP contribution in [0.15, 0.2) is 39.7 Å². The zero-order valence-corrected chi connectivity index (χ0v) is 22.3. The van der Waals surface area contributed by atoms with Crippen LogP contribution in [0.25, 0.3) is 6.08 Å². The van der Waals surface area contributed by atoms with Crippen molar-refractivity contribution in [3.05, 3.63) is 50.8 Å². The Bertz CT molecular complexity index is 1250. The molecule has 1 N–H and O–H groups in total. The average Bonchev–Trinajstić information content (AvgIpc) is 3.08. The lowest BCUT2D eigenvalue weighted by Gasteiger charge is -2.16. The molecule has 0 spiro atoms. The first-order chi connectivity index (χ1) is 17.5. The first kappa shape index (κ1) is 28.4. The number of nitrogens with zero attached hydrogens (tertiary/aromatic N) is 1. The van der Waals surface area contributed by atoms with Crippen molar-refractivity contribution in [1.29, 1.82) is 0 Å². The summed E-state index contributed by atoms with van der Waals surface area (Å²) in [6.45, 7) is 3.72. The first-order valence-electron chi connectivity index (χ1n) is 10.9. The van der Waals surface area contributed by atoms with E-state index in [4.69, 9.17) is 14.2 Å². The third-order valence-corrected chi connectivity index (χ3v) is 6.39. The van der Waals surface area contributed by atoms with Crippen molar-refractivity contribution in [2.45, 2.75) is 20.0 Å². The lowest BCUT2D eigenvalue weighted by Crippen LogP contribution is -2.36. The minimum absolute atomic E-state index is 0.0124. The number of thioether (sulfide) groups is 1. The predicted molar refractivity (Wildman–Crippen MR) is 136 cm³/mol. The van der Waals surface area contributed by atoms with E-state index in [0.29, 0.717) is 57.5 Å². The van der Waals surface area contributed by atoms with Crippen molar-refractivity contribution in [3.63, 3.8) is 0 Å². The van der Waals surface area contributed by atoms with E-state index in [1.165, 1.54) is 13.2 Å². The number of hydrogen-bond acceptors (Lipinski definition) is 7. The second-order valence-electron chi connectivity index (χ2n) is 7.42. The fourth-order valence-electron chi connectivity index (χ4n) is 3.32. The molecule has 2 aromatic carbocycles. The molecule has 37 heavy (non-hydrogen) atoms. The maximum atomic E-state index is 13.1. The van der Waals surface area contributed by atoms with Gasteiger partial charge in [0, 0.05) is 0 Å². The molecule has 1 heterocycles. The molecule has 1 saturated heterocycles. The average molecular weight is 603 g/mol. The fraction of sp³-hybridized carbons (Fsp3) is 0.292. The molecule has 8 nitrogen and oxygen atoms in total. The summed E-state index contributed by atoms with van der Waals surface area (Å²) in [6, 6.07) is 5.93. The standard InChI is InChI=1S/C24H22BrF3N2O6S/c1-4-35-18-9-13(8-15(25)21(18)36-5-2)10-19-22(32)30(23(33)37-19)12-20(31)29-16-11-14(24(26,27)28)6-7-17(16)34-3/h6-11H,4-5,12H2,1-3H3,(H,29,31)/b19-10-. The van der Waals surface area contributed by atoms with Crippen LogP contribution in [0.3, 0.4) is 0 Å². The molecule has 0 radical (unpaired) electrons. The van der Waals surface area contributed by atoms with E-state index < -0.39 is 35.3 Å². The van der Waals surface area contributed by atoms with Crippen LogP contribution < -0.4 is 19.5 Å². The molecule has 198 valence electrons. The Balaban J connectivity index is 1.79. The van der Waals surface area contributed by atoms with Crippen molar-refractivity contribution in [1.82, 2.24) is 4.90 Å². The summed E-state index contributed by atoms with van der Waals surface area (Å²) in [6.07, 6.45) is -3.16. The van der Waals surface area contributed by atoms with Crippen molar-refractivity contribution in [3.8, 4) is 17.2 Å². The summed E-state index contributed by atoms with van der Waals surface area (Å²) >= 11 is 4.05. The SMILES string of the molecule is CCOc1cc(/C=C2\SC(=O)N(CC(=O)Nc3cc(C(F)(F)F)ccc3OC)C2=O)cc(Br)c1OCC. The summed E-state index contributed by atoms with van der Waals surface area (Å²) in [4.78, 5) is 38.7. The molecular formula is C24H22BrF3N2O6S. The fourth-order valence-corrected chi connectivity index (χ4v) is 4.73. The summed E-state index contributed by atoms with van der Waals surface area (Å²) in [5.74, 6) is -0.663. The number of alkyl halides is 3. The number of carbonyl (C=O) groups excluding carboxylic acids is 3. The highest BCUT2D eigenvalue weighted by molar-refractivity contribution is 9.10. The zero-order valence-electron chi connectivity index (χ0n) is 19.9. The zero-order chi connectivity index (χ0) is 27.3. The number of nitrogens with one attached hydrogen (secondary N) is 1. The van der Waals surface area contributed by atoms with Gasteiger partial charge in [0.15, 0.2) is 11.5 Å². The third kappa shape index (κ3) is 6.77. The molecule has 0 unspecified atom stereocenters. The summed E-state index contributed by atoms with van der Waals surface area (Å²) in [7, 11) is 1.23. The van der Waals surface area contributed by atoms with E-state index >= 15 is 0 Å². The first-order valence-corrected chi connectivity index (χ1v) is 12.5. The van der Waals surface area contributed by atoms with Gasteiger partial charge in [-0.05, 0) is 83.5 Å². The Kier molecular flexibility index (Phi) is 9.13. The molecule has 0 aliphatic carbocycles. The number of rotatable bonds is 9. The van der Waals surface area contributed by atoms with Crippen LogP contribution in [0, 0.1) is 0 Å². The molecular weight excluding hydrogens is 581 g/mol. The lowest BCUT2D eigenvalue weighted by atomic mass is 10.1. The van der Waals surface area contributed by atoms with Crippen LogP contribution in [0.5, 0.6) is 17.2 Å². The number of imide groups is 1. The van der Waals surface area contributed by atoms with Gasteiger partial charge in [0.25, 0.3) is 11.1 Å². The van der Waals surface area contributed by atoms with Gasteiger partial charge < -0.3 is 19.5 Å². The molecule has 3 rings (SSSR count). The molecule has 0 aromatic heterocycles. The predicted octanol–water partition coefficient (Wildman–Crippen LogP) is 5.95. The number of benzene rings is 2. The largest absolute Gasteiger partial charge is 0.495 e. The summed E-state index contributed by atoms with van der Waals surface area (Å²) in [5.41, 5.74) is -0.694. The highest BCUT2D eigenvalue weighted by Gasteiger charge is 2.37. The normalized spacial score (nSPS) is 14.8. The maximum absolute atomic E-state index is 13.1. The van der Waals surface area contributed by atoms with Gasteiger partial charge in [0.1, 0.15) is 12.3 Å². The number of amides is 3. The van der Waals surface area contributed by atoms with Gasteiger partial charge in [0.2, 0.25) is 5.91 Å². The molecule has 0 atom stereocenters. The van der Waals surface area contributed by atoms with Crippen LogP contribution in [0.1, 0.15) is 25.0 Å². The van der Waals surface area contributed by atoms with Crippen molar-refractivity contribution in [2.75, 3.05) is 32.2 Å². The lowest BCUT2D eigenvalue weighted by molar-refractivity contribution is -0.137. The minimum atomic E-state index is -4.64. The van der Waals surface area contributed by atoms with Gasteiger partial charge in [-0.3, -0.25) is 19.3 Å². The quantitative estimate of drug-likeness (QED) is 0.354. The molecule has 1 aliphatic rings. The van der Waals surface area contributed by atoms with Crippen LogP contribution in [-0.2, 0) is 15.8 Å². The summed E-state index contributed by atoms with van der Waals surface area (Å²) < 4.78 is 56.0. The smallest absolute Gasteiger partial charge is 0.416 e. The van der Waals surface area contributed by atoms with Crippen LogP contribution >= 0.6 is 27.7 Å². The minimum Gasteiger partial charge on any atom is -0.495 e. The number of carbonyl (C=O) groups is 3. The Hall–Kier alpha value is -3.19. The van der Waals surface area contributed by atoms with E-state index in [-0.39, 0.29) is 16.3 Å². The second-order valence-corrected chi connectivity index (χ2v) is 9.27. The highest BCUT2D eigenvalue weighted by atomic mass is 79.9. The van der Waals surface area contributed by atoms with Gasteiger partial charge in [-0.25, -0.2) is 0 Å². The number of methoxy groups -OCH3 is 1. The molecule has 1 aliphatic heterocycles. The Morgan fingerprint density at radius 2 is 1.81 bits per heavy atom. The van der Waals surface area contributed by atoms with E-state index in [1.54, 1.807) is 12.1 Å². The topological polar surface area (TPSA) is 94.2 Å². The second kappa shape index (κ2) is 11.9. The van der Waals surface area contributed by atoms with E-state index in [0.717, 1.165) is 12.1 Å². The van der Waals surface area contributed by atoms with Crippen LogP contribution in [0.4, 0.5) is 23.7 Å². The van der Waals surface area contributed by atoms with Gasteiger partial charge in [0.05, 0.1) is 41.0 Å². The van der Waals surface area contributed by atoms with Gasteiger partial charge in [-0.2, -0.15) is 13.2 Å². The molecule has 0 bridgehead atoms. The number of halogens is 4. The van der Waals surface area contributed by atoms with E-state index in [2.05, 4.69) is 21.2 Å². The summed E-state index contributed by atoms with van der Waals surface area (Å²) in [5, 5.41) is 1.58. The van der Waals surface area contributed by atoms with Gasteiger partial charge >= 0.3 is 6.18 Å². The monoisotopic (exact) mass is 602 g/mol. The van der Waals surface area contributed by atoms with E-state index in [9.17, 15) is 27.6 Å².